The van der Waals surface area contributed by atoms with Gasteiger partial charge in [-0.05, 0) is 24.3 Å². The van der Waals surface area contributed by atoms with Crippen LogP contribution in [0.15, 0.2) is 48.5 Å². The van der Waals surface area contributed by atoms with E-state index in [0.29, 0.717) is 0 Å². The summed E-state index contributed by atoms with van der Waals surface area (Å²) < 4.78 is 94.2. The van der Waals surface area contributed by atoms with E-state index in [1.54, 1.807) is 0 Å². The molecule has 26 N–H and O–H groups in total. The van der Waals surface area contributed by atoms with Crippen molar-refractivity contribution in [2.45, 2.75) is 246 Å². The summed E-state index contributed by atoms with van der Waals surface area (Å²) in [6, 6.07) is 10.7. The van der Waals surface area contributed by atoms with Crippen molar-refractivity contribution in [1.82, 2.24) is 0 Å². The number of rotatable bonds is 14. The lowest BCUT2D eigenvalue weighted by atomic mass is 9.94. The Hall–Kier alpha value is -4.54. The van der Waals surface area contributed by atoms with Gasteiger partial charge in [-0.3, -0.25) is 0 Å². The van der Waals surface area contributed by atoms with Crippen molar-refractivity contribution in [1.29, 1.82) is 0 Å². The minimum atomic E-state index is -2.36. The Morgan fingerprint density at radius 1 is 0.245 bits per heavy atom. The van der Waals surface area contributed by atoms with Crippen molar-refractivity contribution in [3.05, 3.63) is 59.7 Å². The molecule has 0 aromatic heterocycles. The third-order valence-corrected chi connectivity index (χ3v) is 19.8. The zero-order chi connectivity index (χ0) is 76.6. The lowest BCUT2D eigenvalue weighted by Crippen LogP contribution is -2.69. The maximum atomic E-state index is 12.4. The molecule has 0 aliphatic carbocycles. The Morgan fingerprint density at radius 3 is 0.575 bits per heavy atom. The fraction of sp³-hybridized carbons (Fsp3) is 0.774. The number of carboxylic acids is 2. The van der Waals surface area contributed by atoms with Crippen LogP contribution in [0.1, 0.15) is 20.7 Å². The van der Waals surface area contributed by atoms with Crippen LogP contribution in [0.3, 0.4) is 0 Å². The van der Waals surface area contributed by atoms with E-state index >= 15 is 0 Å². The van der Waals surface area contributed by atoms with E-state index in [9.17, 15) is 132 Å². The van der Waals surface area contributed by atoms with Crippen molar-refractivity contribution in [3.63, 3.8) is 0 Å². The quantitative estimate of drug-likeness (QED) is 0.0835. The van der Waals surface area contributed by atoms with Crippen LogP contribution in [0.2, 0.25) is 0 Å². The molecule has 30 saturated heterocycles. The molecule has 0 spiro atoms. The normalized spacial score (nSPS) is 47.8. The first-order chi connectivity index (χ1) is 50.6. The summed E-state index contributed by atoms with van der Waals surface area (Å²) in [4.78, 5) is 24.7. The molecule has 30 aliphatic heterocycles. The van der Waals surface area contributed by atoms with Crippen LogP contribution in [0.5, 0.6) is 0 Å². The lowest BCUT2D eigenvalue weighted by molar-refractivity contribution is -0.402. The summed E-state index contributed by atoms with van der Waals surface area (Å²) in [5, 5.41) is 277. The van der Waals surface area contributed by atoms with Gasteiger partial charge in [-0.25, -0.2) is 9.59 Å². The zero-order valence-electron chi connectivity index (χ0n) is 55.5. The molecule has 0 radical (unpaired) electrons. The van der Waals surface area contributed by atoms with Gasteiger partial charge in [0.25, 0.3) is 0 Å². The molecule has 106 heavy (non-hydrogen) atoms. The number of aromatic carboxylic acids is 2. The zero-order valence-corrected chi connectivity index (χ0v) is 55.5. The monoisotopic (exact) mass is 1530 g/mol. The minimum absolute atomic E-state index is 0.0780. The van der Waals surface area contributed by atoms with E-state index in [-0.39, 0.29) is 22.5 Å². The van der Waals surface area contributed by atoms with Crippen LogP contribution >= 0.6 is 0 Å². The number of nitrogens with one attached hydrogen (secondary N) is 2. The molecule has 44 heteroatoms. The molecule has 2 aromatic rings. The van der Waals surface area contributed by atoms with Gasteiger partial charge in [0.2, 0.25) is 0 Å². The number of benzene rings is 2. The first kappa shape index (κ1) is 82.4. The molecule has 0 amide bonds. The van der Waals surface area contributed by atoms with Crippen LogP contribution in [-0.4, -0.2) is 433 Å². The van der Waals surface area contributed by atoms with Gasteiger partial charge in [-0.15, -0.1) is 0 Å². The summed E-state index contributed by atoms with van der Waals surface area (Å²) in [5.74, 6) is -2.86. The summed E-state index contributed by atoms with van der Waals surface area (Å²) in [7, 11) is 0. The average Bonchev–Trinajstić information content (AvgIpc) is 0.772. The molecular formula is C62H90N2O42. The summed E-state index contributed by atoms with van der Waals surface area (Å²) in [5.41, 5.74) is -0.771. The van der Waals surface area contributed by atoms with Crippen LogP contribution in [0.25, 0.3) is 0 Å². The summed E-state index contributed by atoms with van der Waals surface area (Å²) >= 11 is 0. The molecule has 40 atom stereocenters. The lowest BCUT2D eigenvalue weighted by Gasteiger charge is -2.51. The van der Waals surface area contributed by atoms with Crippen molar-refractivity contribution in [2.75, 3.05) is 63.4 Å². The number of aliphatic hydroxyl groups excluding tert-OH is 22. The Morgan fingerprint density at radius 2 is 0.406 bits per heavy atom. The van der Waals surface area contributed by atoms with Gasteiger partial charge >= 0.3 is 11.9 Å². The molecule has 600 valence electrons. The second kappa shape index (κ2) is 35.4. The van der Waals surface area contributed by atoms with E-state index < -0.39 is 310 Å². The van der Waals surface area contributed by atoms with Crippen molar-refractivity contribution < 1.29 is 208 Å². The van der Waals surface area contributed by atoms with E-state index in [1.165, 1.54) is 48.5 Å². The van der Waals surface area contributed by atoms with Gasteiger partial charge in [-0.1, -0.05) is 24.3 Å². The average molecular weight is 1540 g/mol. The molecule has 2 aromatic carbocycles. The van der Waals surface area contributed by atoms with Crippen LogP contribution in [-0.2, 0) is 75.8 Å². The van der Waals surface area contributed by atoms with E-state index in [0.717, 1.165) is 0 Å². The maximum Gasteiger partial charge on any atom is 0.337 e. The number of hydrogen-bond donors (Lipinski definition) is 26. The molecule has 16 bridgehead atoms. The number of carboxylic acid groups (broad SMARTS) is 2. The Labute approximate surface area is 598 Å². The third-order valence-electron chi connectivity index (χ3n) is 19.8. The number of aliphatic hydroxyl groups is 22. The highest BCUT2D eigenvalue weighted by molar-refractivity contribution is 5.94. The number of para-hydroxylation sites is 2. The fourth-order valence-corrected chi connectivity index (χ4v) is 14.0. The van der Waals surface area contributed by atoms with E-state index in [1.807, 2.05) is 0 Å². The van der Waals surface area contributed by atoms with Crippen molar-refractivity contribution in [2.24, 2.45) is 0 Å². The minimum Gasteiger partial charge on any atom is -0.478 e. The first-order valence-corrected chi connectivity index (χ1v) is 33.7. The smallest absolute Gasteiger partial charge is 0.337 e. The summed E-state index contributed by atoms with van der Waals surface area (Å²) in [6.07, 6.45) is -84.3. The molecular weight excluding hydrogens is 1440 g/mol. The predicted octanol–water partition coefficient (Wildman–Crippen LogP) is -13.8. The summed E-state index contributed by atoms with van der Waals surface area (Å²) in [6.45, 7) is -7.99. The van der Waals surface area contributed by atoms with Gasteiger partial charge in [0.1, 0.15) is 195 Å². The molecule has 0 saturated carbocycles. The number of hydrogen-bond acceptors (Lipinski definition) is 42. The fourth-order valence-electron chi connectivity index (χ4n) is 14.0. The largest absolute Gasteiger partial charge is 0.478 e. The number of ether oxygens (including phenoxy) is 16. The highest BCUT2D eigenvalue weighted by Gasteiger charge is 2.61. The highest BCUT2D eigenvalue weighted by Crippen LogP contribution is 2.40. The van der Waals surface area contributed by atoms with Crippen LogP contribution in [0.4, 0.5) is 11.4 Å². The molecule has 30 aliphatic rings. The molecule has 30 heterocycles. The highest BCUT2D eigenvalue weighted by atomic mass is 16.8. The van der Waals surface area contributed by atoms with Gasteiger partial charge in [0, 0.05) is 24.5 Å². The molecule has 30 fully saturated rings. The predicted molar refractivity (Wildman–Crippen MR) is 331 cm³/mol. The molecule has 44 nitrogen and oxygen atoms in total. The Balaban J connectivity index is 0.909. The van der Waals surface area contributed by atoms with Gasteiger partial charge in [0.05, 0.1) is 50.8 Å². The Kier molecular flexibility index (Phi) is 27.6. The van der Waals surface area contributed by atoms with Crippen molar-refractivity contribution >= 4 is 23.3 Å². The van der Waals surface area contributed by atoms with Gasteiger partial charge in [-0.2, -0.15) is 0 Å². The first-order valence-electron chi connectivity index (χ1n) is 33.7. The molecule has 32 rings (SSSR count). The van der Waals surface area contributed by atoms with Gasteiger partial charge < -0.3 is 209 Å². The molecule has 0 unspecified atom stereocenters. The van der Waals surface area contributed by atoms with Gasteiger partial charge in [0.15, 0.2) is 50.3 Å². The second-order valence-corrected chi connectivity index (χ2v) is 26.6. The maximum absolute atomic E-state index is 12.4. The van der Waals surface area contributed by atoms with Crippen LogP contribution < -0.4 is 10.6 Å². The van der Waals surface area contributed by atoms with Crippen molar-refractivity contribution in [3.8, 4) is 0 Å². The standard InChI is InChI=1S/C62H90N2O42/c65-11-23-47-32(74)40(82)58(94-23)103-49-25(13-67)96-60(42(84)34(49)76)105-51-27(15-69)98-62(44(86)36(51)78)106-52-28(16-70)97-61(43(85)35(52)77)104-50-26(14-68)95-59(41(83)33(50)75)102-48-24(12-66)93-57(39(81)31(48)73)100-46-22(10-64-20-8-4-2-6-18(20)54(89)90)91-55(37(79)29(46)71)99-45-21(92-56(101-47)38(80)30(45)72)9-63-19-7-3-1-5-17(19)53(87)88/h1-8,21-52,55-86H,9-16H2,(H,87,88)(H,89,90)/t21-,22+,23-,24+,25-,26-,27-,28-,29-,30-,31-,32+,33-,34+,35-,36-,37-,38-,39-,40-,41-,42+,43-,44-,45-,46-,47-,48-,49-,50-,51-,52-,55-,56-,57-,58-,59-,60-,61-,62-/m1/s1. The van der Waals surface area contributed by atoms with E-state index in [2.05, 4.69) is 10.6 Å². The third kappa shape index (κ3) is 16.8. The van der Waals surface area contributed by atoms with E-state index in [4.69, 9.17) is 75.8 Å². The SMILES string of the molecule is O=C(O)c1ccccc1NC[C@@H]1O[C@@H]2O[C@H]3[C@H](O)[C@@H](O)[C@@H](O[C@H]4[C@@H](O)[C@@H](O)[C@@H](O[C@H]5[C@@H](O)[C@H](O)[C@@H](O[C@H]6[C@H](O)[C@@H](O)[C@@H](O[C@H]7[C@H](O)[C@@H](O)[C@@H](O[C@H]8[C@H](O)[C@@H](O)[C@@H](O[C@H]9[C@H](O)[C@@H](O)[C@@H](O[C@H]1[C@H](O)[C@H]2O)O[C@H]9CO)O[C@@H]8CO)O[C@@H]7CO)O[C@@H]6CO)O[C@@H]5CO)O[C@@H]4CO)O[C@@H]3CNc1ccccc1C(=O)O. The second-order valence-electron chi connectivity index (χ2n) is 26.6. The van der Waals surface area contributed by atoms with Crippen LogP contribution in [0, 0.1) is 0 Å². The number of anilines is 2. The Bertz CT molecular complexity index is 3080. The number of carbonyl (C=O) groups is 2. The topological polar surface area (TPSA) is 691 Å².